The Morgan fingerprint density at radius 3 is 2.62 bits per heavy atom. The predicted molar refractivity (Wildman–Crippen MR) is 95.4 cm³/mol. The summed E-state index contributed by atoms with van der Waals surface area (Å²) < 4.78 is 43.0. The number of alkyl halides is 3. The minimum atomic E-state index is -4.37. The lowest BCUT2D eigenvalue weighted by Crippen LogP contribution is -2.31. The van der Waals surface area contributed by atoms with E-state index in [2.05, 4.69) is 9.88 Å². The number of fused-ring (bicyclic) bond motifs is 1. The molecule has 1 saturated carbocycles. The molecule has 1 atom stereocenters. The van der Waals surface area contributed by atoms with Gasteiger partial charge in [0.15, 0.2) is 6.10 Å². The monoisotopic (exact) mass is 370 g/mol. The Labute approximate surface area is 153 Å². The number of hydrogen-bond donors (Lipinski definition) is 0. The highest BCUT2D eigenvalue weighted by Crippen LogP contribution is 2.28. The molecule has 0 saturated heterocycles. The molecule has 0 N–H and O–H groups in total. The summed E-state index contributed by atoms with van der Waals surface area (Å²) in [4.78, 5) is 6.84. The average molecular weight is 370 g/mol. The molecule has 1 aliphatic heterocycles. The van der Waals surface area contributed by atoms with Crippen molar-refractivity contribution in [2.24, 2.45) is 5.92 Å². The zero-order valence-corrected chi connectivity index (χ0v) is 15.5. The third kappa shape index (κ3) is 5.35. The van der Waals surface area contributed by atoms with Gasteiger partial charge in [-0.2, -0.15) is 13.2 Å². The van der Waals surface area contributed by atoms with Crippen molar-refractivity contribution in [3.05, 3.63) is 23.4 Å². The topological polar surface area (TPSA) is 25.4 Å². The molecule has 2 heterocycles. The minimum Gasteiger partial charge on any atom is -0.465 e. The molecule has 0 spiro atoms. The Kier molecular flexibility index (Phi) is 6.43. The molecule has 0 unspecified atom stereocenters. The number of hydrogen-bond acceptors (Lipinski definition) is 3. The van der Waals surface area contributed by atoms with Gasteiger partial charge in [0.05, 0.1) is 0 Å². The van der Waals surface area contributed by atoms with E-state index in [0.29, 0.717) is 0 Å². The Morgan fingerprint density at radius 1 is 1.15 bits per heavy atom. The molecular weight excluding hydrogens is 341 g/mol. The first-order valence-electron chi connectivity index (χ1n) is 9.86. The first-order valence-corrected chi connectivity index (χ1v) is 9.86. The molecule has 1 aromatic heterocycles. The van der Waals surface area contributed by atoms with Crippen LogP contribution in [0.1, 0.15) is 56.7 Å². The average Bonchev–Trinajstić information content (AvgIpc) is 2.82. The highest BCUT2D eigenvalue weighted by molar-refractivity contribution is 5.27. The van der Waals surface area contributed by atoms with Crippen LogP contribution in [0.2, 0.25) is 0 Å². The van der Waals surface area contributed by atoms with Gasteiger partial charge in [-0.15, -0.1) is 0 Å². The first kappa shape index (κ1) is 19.5. The number of nitrogens with zero attached hydrogens (tertiary/aromatic N) is 2. The van der Waals surface area contributed by atoms with Crippen molar-refractivity contribution in [2.45, 2.75) is 70.6 Å². The number of ether oxygens (including phenoxy) is 1. The molecule has 0 bridgehead atoms. The third-order valence-electron chi connectivity index (χ3n) is 5.74. The maximum Gasteiger partial charge on any atom is 0.425 e. The van der Waals surface area contributed by atoms with Gasteiger partial charge in [-0.3, -0.25) is 0 Å². The standard InChI is InChI=1S/C20H29F3N2O/c1-15(20(21,22)23)26-19-8-7-17-10-13-25(14-11-18(17)24-19)12-9-16-5-3-2-4-6-16/h7-8,15-16H,2-6,9-14H2,1H3/t15-/m1/s1. The lowest BCUT2D eigenvalue weighted by Gasteiger charge is -2.26. The van der Waals surface area contributed by atoms with Gasteiger partial charge >= 0.3 is 6.18 Å². The van der Waals surface area contributed by atoms with Crippen LogP contribution in [0, 0.1) is 5.92 Å². The highest BCUT2D eigenvalue weighted by Gasteiger charge is 2.38. The van der Waals surface area contributed by atoms with Crippen LogP contribution in [0.5, 0.6) is 5.88 Å². The van der Waals surface area contributed by atoms with Crippen LogP contribution in [0.25, 0.3) is 0 Å². The molecule has 0 amide bonds. The van der Waals surface area contributed by atoms with E-state index < -0.39 is 12.3 Å². The molecule has 3 rings (SSSR count). The maximum absolute atomic E-state index is 12.7. The molecule has 26 heavy (non-hydrogen) atoms. The normalized spacial score (nSPS) is 21.1. The van der Waals surface area contributed by atoms with E-state index in [1.165, 1.54) is 38.5 Å². The molecule has 146 valence electrons. The molecular formula is C20H29F3N2O. The van der Waals surface area contributed by atoms with Crippen molar-refractivity contribution >= 4 is 0 Å². The van der Waals surface area contributed by atoms with E-state index in [-0.39, 0.29) is 5.88 Å². The highest BCUT2D eigenvalue weighted by atomic mass is 19.4. The van der Waals surface area contributed by atoms with E-state index >= 15 is 0 Å². The largest absolute Gasteiger partial charge is 0.465 e. The molecule has 1 aliphatic carbocycles. The van der Waals surface area contributed by atoms with Gasteiger partial charge in [0, 0.05) is 31.3 Å². The van der Waals surface area contributed by atoms with Crippen LogP contribution in [0.4, 0.5) is 13.2 Å². The van der Waals surface area contributed by atoms with Gasteiger partial charge in [-0.25, -0.2) is 4.98 Å². The third-order valence-corrected chi connectivity index (χ3v) is 5.74. The number of pyridine rings is 1. The fourth-order valence-corrected chi connectivity index (χ4v) is 3.99. The summed E-state index contributed by atoms with van der Waals surface area (Å²) in [5, 5.41) is 0. The SMILES string of the molecule is C[C@@H](Oc1ccc2c(n1)CCN(CCC1CCCCC1)CC2)C(F)(F)F. The second kappa shape index (κ2) is 8.59. The first-order chi connectivity index (χ1) is 12.4. The summed E-state index contributed by atoms with van der Waals surface area (Å²) in [5.41, 5.74) is 2.02. The van der Waals surface area contributed by atoms with Crippen molar-refractivity contribution < 1.29 is 17.9 Å². The molecule has 6 heteroatoms. The molecule has 2 aliphatic rings. The van der Waals surface area contributed by atoms with E-state index in [0.717, 1.165) is 56.6 Å². The smallest absolute Gasteiger partial charge is 0.425 e. The Morgan fingerprint density at radius 2 is 1.88 bits per heavy atom. The van der Waals surface area contributed by atoms with Gasteiger partial charge in [0.25, 0.3) is 0 Å². The summed E-state index contributed by atoms with van der Waals surface area (Å²) in [7, 11) is 0. The van der Waals surface area contributed by atoms with Gasteiger partial charge < -0.3 is 9.64 Å². The molecule has 0 radical (unpaired) electrons. The quantitative estimate of drug-likeness (QED) is 0.746. The summed E-state index contributed by atoms with van der Waals surface area (Å²) in [5.74, 6) is 0.945. The van der Waals surface area contributed by atoms with E-state index in [9.17, 15) is 13.2 Å². The van der Waals surface area contributed by atoms with Crippen LogP contribution in [0.15, 0.2) is 12.1 Å². The second-order valence-electron chi connectivity index (χ2n) is 7.69. The molecule has 1 aromatic rings. The number of halogens is 3. The molecule has 0 aromatic carbocycles. The lowest BCUT2D eigenvalue weighted by atomic mass is 9.87. The predicted octanol–water partition coefficient (Wildman–Crippen LogP) is 4.78. The lowest BCUT2D eigenvalue weighted by molar-refractivity contribution is -0.190. The maximum atomic E-state index is 12.7. The van der Waals surface area contributed by atoms with Gasteiger partial charge in [0.1, 0.15) is 0 Å². The van der Waals surface area contributed by atoms with Crippen LogP contribution in [-0.4, -0.2) is 41.8 Å². The van der Waals surface area contributed by atoms with Crippen molar-refractivity contribution in [1.29, 1.82) is 0 Å². The zero-order valence-electron chi connectivity index (χ0n) is 15.5. The Bertz CT molecular complexity index is 585. The summed E-state index contributed by atoms with van der Waals surface area (Å²) in [6.45, 7) is 4.05. The number of aromatic nitrogens is 1. The van der Waals surface area contributed by atoms with Gasteiger partial charge in [0.2, 0.25) is 5.88 Å². The van der Waals surface area contributed by atoms with Crippen molar-refractivity contribution in [1.82, 2.24) is 9.88 Å². The van der Waals surface area contributed by atoms with Crippen LogP contribution >= 0.6 is 0 Å². The second-order valence-corrected chi connectivity index (χ2v) is 7.69. The molecule has 3 nitrogen and oxygen atoms in total. The van der Waals surface area contributed by atoms with Gasteiger partial charge in [-0.05, 0) is 37.8 Å². The van der Waals surface area contributed by atoms with Crippen LogP contribution < -0.4 is 4.74 Å². The zero-order chi connectivity index (χ0) is 18.6. The molecule has 1 fully saturated rings. The van der Waals surface area contributed by atoms with Crippen molar-refractivity contribution in [2.75, 3.05) is 19.6 Å². The Balaban J connectivity index is 1.53. The van der Waals surface area contributed by atoms with Crippen LogP contribution in [-0.2, 0) is 12.8 Å². The van der Waals surface area contributed by atoms with E-state index in [4.69, 9.17) is 4.74 Å². The van der Waals surface area contributed by atoms with Crippen molar-refractivity contribution in [3.63, 3.8) is 0 Å². The van der Waals surface area contributed by atoms with Gasteiger partial charge in [-0.1, -0.05) is 38.2 Å². The van der Waals surface area contributed by atoms with Crippen molar-refractivity contribution in [3.8, 4) is 5.88 Å². The number of rotatable bonds is 5. The fourth-order valence-electron chi connectivity index (χ4n) is 3.99. The summed E-state index contributed by atoms with van der Waals surface area (Å²) in [6, 6.07) is 3.45. The fraction of sp³-hybridized carbons (Fsp3) is 0.750. The van der Waals surface area contributed by atoms with Crippen LogP contribution in [0.3, 0.4) is 0 Å². The Hall–Kier alpha value is -1.30. The van der Waals surface area contributed by atoms with E-state index in [1.807, 2.05) is 6.07 Å². The minimum absolute atomic E-state index is 0.0734. The summed E-state index contributed by atoms with van der Waals surface area (Å²) >= 11 is 0. The van der Waals surface area contributed by atoms with E-state index in [1.54, 1.807) is 6.07 Å². The summed E-state index contributed by atoms with van der Waals surface area (Å²) in [6.07, 6.45) is 3.61.